The topological polar surface area (TPSA) is 0 Å². The minimum Gasteiger partial charge on any atom is -0.0807 e. The van der Waals surface area contributed by atoms with Crippen LogP contribution in [0.15, 0.2) is 96.7 Å². The van der Waals surface area contributed by atoms with Gasteiger partial charge < -0.3 is 0 Å². The standard InChI is InChI=1S/C24H30/c1-22-18-20-24(21-19-22)23-16-14-12-10-8-6-4-2-3-5-7-9-11-13-15-17-23/h2,4-17,22,24H,3,18-21H2,1H3/b4-2-,7-5-,8-6-,11-9-,12-10-,15-13-,16-14+,23-17+. The summed E-state index contributed by atoms with van der Waals surface area (Å²) >= 11 is 0. The van der Waals surface area contributed by atoms with Crippen LogP contribution in [0, 0.1) is 11.8 Å². The monoisotopic (exact) mass is 318 g/mol. The van der Waals surface area contributed by atoms with Crippen LogP contribution in [-0.2, 0) is 0 Å². The molecule has 0 amide bonds. The fourth-order valence-corrected chi connectivity index (χ4v) is 3.10. The first-order chi connectivity index (χ1) is 11.9. The molecule has 2 aliphatic carbocycles. The van der Waals surface area contributed by atoms with Gasteiger partial charge in [0, 0.05) is 0 Å². The van der Waals surface area contributed by atoms with Crippen molar-refractivity contribution in [2.75, 3.05) is 0 Å². The van der Waals surface area contributed by atoms with Crippen molar-refractivity contribution in [3.05, 3.63) is 96.7 Å². The van der Waals surface area contributed by atoms with E-state index in [-0.39, 0.29) is 0 Å². The molecule has 0 heteroatoms. The van der Waals surface area contributed by atoms with Gasteiger partial charge in [0.15, 0.2) is 0 Å². The number of hydrogen-bond acceptors (Lipinski definition) is 0. The zero-order valence-corrected chi connectivity index (χ0v) is 14.9. The van der Waals surface area contributed by atoms with E-state index >= 15 is 0 Å². The van der Waals surface area contributed by atoms with E-state index in [0.717, 1.165) is 12.3 Å². The minimum atomic E-state index is 0.708. The van der Waals surface area contributed by atoms with Gasteiger partial charge in [0.1, 0.15) is 0 Å². The van der Waals surface area contributed by atoms with Crippen LogP contribution >= 0.6 is 0 Å². The average molecular weight is 319 g/mol. The van der Waals surface area contributed by atoms with Crippen LogP contribution < -0.4 is 0 Å². The van der Waals surface area contributed by atoms with E-state index in [1.165, 1.54) is 31.3 Å². The minimum absolute atomic E-state index is 0.708. The van der Waals surface area contributed by atoms with Gasteiger partial charge in [-0.3, -0.25) is 0 Å². The highest BCUT2D eigenvalue weighted by Gasteiger charge is 2.19. The first kappa shape index (κ1) is 18.3. The third kappa shape index (κ3) is 7.46. The Balaban J connectivity index is 2.12. The summed E-state index contributed by atoms with van der Waals surface area (Å²) in [6, 6.07) is 0. The Morgan fingerprint density at radius 1 is 0.625 bits per heavy atom. The Labute approximate surface area is 148 Å². The molecular formula is C24H30. The third-order valence-electron chi connectivity index (χ3n) is 4.61. The summed E-state index contributed by atoms with van der Waals surface area (Å²) in [5.41, 5.74) is 1.46. The zero-order chi connectivity index (χ0) is 16.9. The van der Waals surface area contributed by atoms with Crippen molar-refractivity contribution in [2.24, 2.45) is 11.8 Å². The first-order valence-electron chi connectivity index (χ1n) is 9.23. The smallest absolute Gasteiger partial charge is 0.0162 e. The molecule has 126 valence electrons. The van der Waals surface area contributed by atoms with E-state index in [9.17, 15) is 0 Å². The van der Waals surface area contributed by atoms with Crippen molar-refractivity contribution in [1.82, 2.24) is 0 Å². The lowest BCUT2D eigenvalue weighted by Crippen LogP contribution is -2.13. The fourth-order valence-electron chi connectivity index (χ4n) is 3.10. The summed E-state index contributed by atoms with van der Waals surface area (Å²) in [5, 5.41) is 0. The Morgan fingerprint density at radius 2 is 1.17 bits per heavy atom. The molecule has 0 nitrogen and oxygen atoms in total. The molecule has 1 saturated carbocycles. The van der Waals surface area contributed by atoms with Crippen molar-refractivity contribution in [3.63, 3.8) is 0 Å². The zero-order valence-electron chi connectivity index (χ0n) is 14.9. The Kier molecular flexibility index (Phi) is 8.72. The van der Waals surface area contributed by atoms with Crippen LogP contribution in [0.2, 0.25) is 0 Å². The highest BCUT2D eigenvalue weighted by atomic mass is 14.2. The molecule has 0 N–H and O–H groups in total. The fraction of sp³-hybridized carbons (Fsp3) is 0.333. The van der Waals surface area contributed by atoms with Gasteiger partial charge in [-0.2, -0.15) is 0 Å². The molecule has 0 atom stereocenters. The molecule has 24 heavy (non-hydrogen) atoms. The predicted molar refractivity (Wildman–Crippen MR) is 108 cm³/mol. The van der Waals surface area contributed by atoms with E-state index in [1.807, 2.05) is 0 Å². The largest absolute Gasteiger partial charge is 0.0807 e. The third-order valence-corrected chi connectivity index (χ3v) is 4.61. The summed E-state index contributed by atoms with van der Waals surface area (Å²) in [4.78, 5) is 0. The van der Waals surface area contributed by atoms with Crippen LogP contribution in [0.1, 0.15) is 39.0 Å². The van der Waals surface area contributed by atoms with E-state index in [0.29, 0.717) is 5.92 Å². The molecule has 1 fully saturated rings. The first-order valence-corrected chi connectivity index (χ1v) is 9.23. The molecule has 0 unspecified atom stereocenters. The molecule has 0 aromatic heterocycles. The Morgan fingerprint density at radius 3 is 1.83 bits per heavy atom. The predicted octanol–water partition coefficient (Wildman–Crippen LogP) is 7.04. The second kappa shape index (κ2) is 11.5. The summed E-state index contributed by atoms with van der Waals surface area (Å²) in [6.07, 6.45) is 38.4. The van der Waals surface area contributed by atoms with E-state index in [2.05, 4.69) is 98.1 Å². The van der Waals surface area contributed by atoms with Gasteiger partial charge >= 0.3 is 0 Å². The number of hydrogen-bond donors (Lipinski definition) is 0. The lowest BCUT2D eigenvalue weighted by Gasteiger charge is -2.27. The number of allylic oxidation sites excluding steroid dienone is 16. The summed E-state index contributed by atoms with van der Waals surface area (Å²) in [6.45, 7) is 2.38. The SMILES string of the molecule is CC1CCC(C2=C/C=C\C=C/C=C\C/C=C\C=C/C=C\C=C\2)CC1. The molecule has 2 rings (SSSR count). The molecule has 0 bridgehead atoms. The Hall–Kier alpha value is -2.08. The van der Waals surface area contributed by atoms with E-state index in [4.69, 9.17) is 0 Å². The summed E-state index contributed by atoms with van der Waals surface area (Å²) in [5.74, 6) is 1.60. The van der Waals surface area contributed by atoms with Gasteiger partial charge in [-0.25, -0.2) is 0 Å². The second-order valence-electron chi connectivity index (χ2n) is 6.61. The highest BCUT2D eigenvalue weighted by molar-refractivity contribution is 5.31. The van der Waals surface area contributed by atoms with Crippen molar-refractivity contribution >= 4 is 0 Å². The maximum absolute atomic E-state index is 2.38. The molecule has 0 heterocycles. The summed E-state index contributed by atoms with van der Waals surface area (Å²) < 4.78 is 0. The molecule has 0 radical (unpaired) electrons. The van der Waals surface area contributed by atoms with Crippen molar-refractivity contribution in [3.8, 4) is 0 Å². The maximum atomic E-state index is 2.38. The van der Waals surface area contributed by atoms with Crippen LogP contribution in [0.3, 0.4) is 0 Å². The van der Waals surface area contributed by atoms with E-state index < -0.39 is 0 Å². The van der Waals surface area contributed by atoms with Gasteiger partial charge in [0.25, 0.3) is 0 Å². The number of rotatable bonds is 1. The molecule has 0 spiro atoms. The molecule has 0 aromatic rings. The molecule has 0 saturated heterocycles. The highest BCUT2D eigenvalue weighted by Crippen LogP contribution is 2.33. The van der Waals surface area contributed by atoms with Crippen molar-refractivity contribution < 1.29 is 0 Å². The van der Waals surface area contributed by atoms with Crippen molar-refractivity contribution in [1.29, 1.82) is 0 Å². The van der Waals surface area contributed by atoms with Gasteiger partial charge in [-0.15, -0.1) is 0 Å². The lowest BCUT2D eigenvalue weighted by atomic mass is 9.79. The van der Waals surface area contributed by atoms with Crippen LogP contribution in [0.5, 0.6) is 0 Å². The Bertz CT molecular complexity index is 580. The maximum Gasteiger partial charge on any atom is -0.0162 e. The van der Waals surface area contributed by atoms with Crippen LogP contribution in [0.25, 0.3) is 0 Å². The van der Waals surface area contributed by atoms with Gasteiger partial charge in [-0.05, 0) is 36.7 Å². The van der Waals surface area contributed by atoms with Gasteiger partial charge in [-0.1, -0.05) is 111 Å². The normalized spacial score (nSPS) is 37.1. The van der Waals surface area contributed by atoms with E-state index in [1.54, 1.807) is 0 Å². The van der Waals surface area contributed by atoms with Gasteiger partial charge in [0.05, 0.1) is 0 Å². The lowest BCUT2D eigenvalue weighted by molar-refractivity contribution is 0.323. The quantitative estimate of drug-likeness (QED) is 0.486. The second-order valence-corrected chi connectivity index (χ2v) is 6.61. The van der Waals surface area contributed by atoms with Gasteiger partial charge in [0.2, 0.25) is 0 Å². The van der Waals surface area contributed by atoms with Crippen LogP contribution in [0.4, 0.5) is 0 Å². The molecule has 2 aliphatic rings. The summed E-state index contributed by atoms with van der Waals surface area (Å²) in [7, 11) is 0. The molecule has 0 aliphatic heterocycles. The van der Waals surface area contributed by atoms with Crippen LogP contribution in [-0.4, -0.2) is 0 Å². The molecule has 0 aromatic carbocycles. The average Bonchev–Trinajstić information content (AvgIpc) is 2.60. The van der Waals surface area contributed by atoms with Crippen molar-refractivity contribution in [2.45, 2.75) is 39.0 Å². The molecular weight excluding hydrogens is 288 g/mol.